The molecule has 11 heteroatoms. The first-order valence-corrected chi connectivity index (χ1v) is 14.9. The lowest BCUT2D eigenvalue weighted by molar-refractivity contribution is 0.0695. The van der Waals surface area contributed by atoms with E-state index in [-0.39, 0.29) is 11.4 Å². The molecule has 44 heavy (non-hydrogen) atoms. The van der Waals surface area contributed by atoms with Gasteiger partial charge in [0.2, 0.25) is 0 Å². The summed E-state index contributed by atoms with van der Waals surface area (Å²) in [5.74, 6) is -0.633. The predicted molar refractivity (Wildman–Crippen MR) is 174 cm³/mol. The number of nitrogens with zero attached hydrogens (tertiary/aromatic N) is 3. The van der Waals surface area contributed by atoms with E-state index in [1.54, 1.807) is 11.6 Å². The van der Waals surface area contributed by atoms with Crippen LogP contribution >= 0.6 is 23.2 Å². The van der Waals surface area contributed by atoms with Crippen molar-refractivity contribution in [3.8, 4) is 16.9 Å². The molecule has 0 saturated heterocycles. The molecule has 5 aromatic rings. The molecule has 0 spiro atoms. The Hall–Kier alpha value is -4.34. The van der Waals surface area contributed by atoms with Crippen LogP contribution in [0, 0.1) is 34.6 Å². The number of benzene rings is 2. The van der Waals surface area contributed by atoms with Crippen molar-refractivity contribution in [2.75, 3.05) is 11.9 Å². The number of pyridine rings is 1. The van der Waals surface area contributed by atoms with Gasteiger partial charge in [0.05, 0.1) is 28.4 Å². The molecule has 3 N–H and O–H groups in total. The molecule has 2 aromatic carbocycles. The third-order valence-corrected chi connectivity index (χ3v) is 8.84. The standard InChI is InChI=1S/C33H33Cl2N5O4/c1-16-14-21(15-17(2)28(16)35)44-13-7-8-23-24-9-10-25(34)27(26-19(4)39-40(6)20(26)5)29(24)37-30(23)32(41)38-31-18(3)22(33(42)43)11-12-36-31/h9-12,14-15,37H,7-8,13H2,1-6H3,(H,42,43)(H,36,38,41). The van der Waals surface area contributed by atoms with Crippen LogP contribution in [0.3, 0.4) is 0 Å². The minimum atomic E-state index is -1.10. The van der Waals surface area contributed by atoms with Gasteiger partial charge < -0.3 is 20.1 Å². The average Bonchev–Trinajstić information content (AvgIpc) is 3.46. The van der Waals surface area contributed by atoms with Crippen LogP contribution in [0.1, 0.15) is 60.9 Å². The third kappa shape index (κ3) is 5.77. The number of aromatic amines is 1. The summed E-state index contributed by atoms with van der Waals surface area (Å²) in [5.41, 5.74) is 7.55. The number of nitrogens with one attached hydrogen (secondary N) is 2. The van der Waals surface area contributed by atoms with Gasteiger partial charge in [-0.25, -0.2) is 9.78 Å². The highest BCUT2D eigenvalue weighted by atomic mass is 35.5. The van der Waals surface area contributed by atoms with Gasteiger partial charge >= 0.3 is 5.97 Å². The van der Waals surface area contributed by atoms with Crippen LogP contribution in [-0.2, 0) is 13.5 Å². The zero-order chi connectivity index (χ0) is 31.9. The number of hydrogen-bond donors (Lipinski definition) is 3. The molecule has 0 bridgehead atoms. The minimum absolute atomic E-state index is 0.0635. The number of carbonyl (C=O) groups excluding carboxylic acids is 1. The normalized spacial score (nSPS) is 11.3. The van der Waals surface area contributed by atoms with Crippen molar-refractivity contribution in [1.29, 1.82) is 0 Å². The number of carboxylic acid groups (broad SMARTS) is 1. The lowest BCUT2D eigenvalue weighted by Crippen LogP contribution is -2.17. The molecule has 0 unspecified atom stereocenters. The summed E-state index contributed by atoms with van der Waals surface area (Å²) >= 11 is 13.1. The van der Waals surface area contributed by atoms with Crippen molar-refractivity contribution in [3.05, 3.63) is 91.5 Å². The first-order valence-electron chi connectivity index (χ1n) is 14.1. The monoisotopic (exact) mass is 633 g/mol. The highest BCUT2D eigenvalue weighted by Crippen LogP contribution is 2.40. The van der Waals surface area contributed by atoms with E-state index in [1.807, 2.05) is 59.0 Å². The fourth-order valence-electron chi connectivity index (χ4n) is 5.62. The van der Waals surface area contributed by atoms with E-state index >= 15 is 0 Å². The Labute approximate surface area is 265 Å². The van der Waals surface area contributed by atoms with E-state index < -0.39 is 11.9 Å². The number of aromatic nitrogens is 4. The Kier molecular flexibility index (Phi) is 8.72. The number of anilines is 1. The molecule has 9 nitrogen and oxygen atoms in total. The maximum Gasteiger partial charge on any atom is 0.336 e. The molecule has 3 aromatic heterocycles. The van der Waals surface area contributed by atoms with Gasteiger partial charge in [-0.3, -0.25) is 9.48 Å². The van der Waals surface area contributed by atoms with Gasteiger partial charge in [-0.2, -0.15) is 5.10 Å². The van der Waals surface area contributed by atoms with E-state index in [2.05, 4.69) is 20.4 Å². The van der Waals surface area contributed by atoms with Crippen molar-refractivity contribution in [2.24, 2.45) is 7.05 Å². The highest BCUT2D eigenvalue weighted by molar-refractivity contribution is 6.35. The van der Waals surface area contributed by atoms with E-state index in [0.29, 0.717) is 41.2 Å². The summed E-state index contributed by atoms with van der Waals surface area (Å²) in [6.45, 7) is 9.81. The first-order chi connectivity index (χ1) is 20.9. The number of aromatic carboxylic acids is 1. The number of halogens is 2. The quantitative estimate of drug-likeness (QED) is 0.142. The Bertz CT molecular complexity index is 1920. The van der Waals surface area contributed by atoms with E-state index in [4.69, 9.17) is 27.9 Å². The molecule has 1 amide bonds. The fourth-order valence-corrected chi connectivity index (χ4v) is 5.98. The van der Waals surface area contributed by atoms with Crippen LogP contribution < -0.4 is 10.1 Å². The number of carbonyl (C=O) groups is 2. The van der Waals surface area contributed by atoms with Crippen molar-refractivity contribution in [1.82, 2.24) is 19.7 Å². The minimum Gasteiger partial charge on any atom is -0.494 e. The number of H-pyrrole nitrogens is 1. The van der Waals surface area contributed by atoms with E-state index in [0.717, 1.165) is 55.4 Å². The summed E-state index contributed by atoms with van der Waals surface area (Å²) in [7, 11) is 1.88. The zero-order valence-corrected chi connectivity index (χ0v) is 26.9. The summed E-state index contributed by atoms with van der Waals surface area (Å²) in [4.78, 5) is 33.1. The Morgan fingerprint density at radius 1 is 1.05 bits per heavy atom. The lowest BCUT2D eigenvalue weighted by Gasteiger charge is -2.11. The average molecular weight is 635 g/mol. The van der Waals surface area contributed by atoms with Crippen LogP contribution in [0.4, 0.5) is 5.82 Å². The second-order valence-corrected chi connectivity index (χ2v) is 11.7. The van der Waals surface area contributed by atoms with Gasteiger partial charge in [0.25, 0.3) is 5.91 Å². The molecular weight excluding hydrogens is 601 g/mol. The zero-order valence-electron chi connectivity index (χ0n) is 25.4. The molecule has 0 fully saturated rings. The number of amides is 1. The Balaban J connectivity index is 1.55. The van der Waals surface area contributed by atoms with Crippen LogP contribution in [-0.4, -0.2) is 43.3 Å². The molecule has 0 radical (unpaired) electrons. The van der Waals surface area contributed by atoms with Crippen LogP contribution in [0.5, 0.6) is 5.75 Å². The molecule has 3 heterocycles. The van der Waals surface area contributed by atoms with Gasteiger partial charge in [-0.05, 0) is 88.4 Å². The number of rotatable bonds is 9. The molecule has 0 aliphatic heterocycles. The van der Waals surface area contributed by atoms with Crippen LogP contribution in [0.15, 0.2) is 36.5 Å². The lowest BCUT2D eigenvalue weighted by atomic mass is 9.98. The summed E-state index contributed by atoms with van der Waals surface area (Å²) in [5, 5.41) is 19.0. The number of hydrogen-bond acceptors (Lipinski definition) is 5. The second-order valence-electron chi connectivity index (χ2n) is 10.9. The number of aryl methyl sites for hydroxylation is 5. The maximum atomic E-state index is 13.8. The van der Waals surface area contributed by atoms with Gasteiger partial charge in [0.1, 0.15) is 17.3 Å². The Morgan fingerprint density at radius 2 is 1.75 bits per heavy atom. The first kappa shape index (κ1) is 31.1. The van der Waals surface area contributed by atoms with Gasteiger partial charge in [-0.15, -0.1) is 0 Å². The second kappa shape index (κ2) is 12.3. The highest BCUT2D eigenvalue weighted by Gasteiger charge is 2.25. The molecule has 0 atom stereocenters. The molecule has 5 rings (SSSR count). The number of carboxylic acids is 1. The molecule has 0 aliphatic carbocycles. The van der Waals surface area contributed by atoms with Crippen molar-refractivity contribution in [2.45, 2.75) is 47.5 Å². The summed E-state index contributed by atoms with van der Waals surface area (Å²) < 4.78 is 7.86. The van der Waals surface area contributed by atoms with E-state index in [9.17, 15) is 14.7 Å². The maximum absolute atomic E-state index is 13.8. The number of fused-ring (bicyclic) bond motifs is 1. The third-order valence-electron chi connectivity index (χ3n) is 7.93. The van der Waals surface area contributed by atoms with Crippen molar-refractivity contribution < 1.29 is 19.4 Å². The van der Waals surface area contributed by atoms with Gasteiger partial charge in [-0.1, -0.05) is 29.3 Å². The predicted octanol–water partition coefficient (Wildman–Crippen LogP) is 7.77. The molecule has 228 valence electrons. The largest absolute Gasteiger partial charge is 0.494 e. The molecule has 0 aliphatic rings. The van der Waals surface area contributed by atoms with Gasteiger partial charge in [0.15, 0.2) is 0 Å². The number of ether oxygens (including phenoxy) is 1. The SMILES string of the molecule is Cc1cc(OCCCc2c(C(=O)Nc3nccc(C(=O)O)c3C)[nH]c3c(-c4c(C)nn(C)c4C)c(Cl)ccc23)cc(C)c1Cl. The fraction of sp³-hybridized carbons (Fsp3) is 0.273. The van der Waals surface area contributed by atoms with Crippen molar-refractivity contribution >= 4 is 51.8 Å². The van der Waals surface area contributed by atoms with Crippen LogP contribution in [0.25, 0.3) is 22.0 Å². The van der Waals surface area contributed by atoms with Crippen LogP contribution in [0.2, 0.25) is 10.0 Å². The van der Waals surface area contributed by atoms with Crippen molar-refractivity contribution in [3.63, 3.8) is 0 Å². The summed E-state index contributed by atoms with van der Waals surface area (Å²) in [6, 6.07) is 8.97. The van der Waals surface area contributed by atoms with E-state index in [1.165, 1.54) is 12.3 Å². The molecule has 0 saturated carbocycles. The summed E-state index contributed by atoms with van der Waals surface area (Å²) in [6.07, 6.45) is 2.49. The Morgan fingerprint density at radius 3 is 2.39 bits per heavy atom. The molecular formula is C33H33Cl2N5O4. The topological polar surface area (TPSA) is 122 Å². The smallest absolute Gasteiger partial charge is 0.336 e. The van der Waals surface area contributed by atoms with Gasteiger partial charge in [0, 0.05) is 46.0 Å².